The lowest BCUT2D eigenvalue weighted by Crippen LogP contribution is -2.06. The summed E-state index contributed by atoms with van der Waals surface area (Å²) in [7, 11) is 0. The van der Waals surface area contributed by atoms with Gasteiger partial charge in [0.2, 0.25) is 5.95 Å². The van der Waals surface area contributed by atoms with Crippen molar-refractivity contribution < 1.29 is 0 Å². The van der Waals surface area contributed by atoms with Crippen LogP contribution >= 0.6 is 0 Å². The van der Waals surface area contributed by atoms with Gasteiger partial charge in [-0.15, -0.1) is 0 Å². The minimum Gasteiger partial charge on any atom is -0.309 e. The highest BCUT2D eigenvalue weighted by Gasteiger charge is 2.23. The summed E-state index contributed by atoms with van der Waals surface area (Å²) in [5.41, 5.74) is 7.39. The lowest BCUT2D eigenvalue weighted by Gasteiger charge is -2.12. The monoisotopic (exact) mass is 663 g/mol. The second-order valence-corrected chi connectivity index (χ2v) is 13.3. The number of rotatable bonds is 4. The van der Waals surface area contributed by atoms with E-state index >= 15 is 0 Å². The number of para-hydroxylation sites is 2. The van der Waals surface area contributed by atoms with E-state index in [1.54, 1.807) is 0 Å². The Morgan fingerprint density at radius 3 is 1.60 bits per heavy atom. The first kappa shape index (κ1) is 28.7. The fraction of sp³-hybridized carbons (Fsp3) is 0. The molecule has 0 aliphatic rings. The second-order valence-electron chi connectivity index (χ2n) is 13.3. The molecule has 0 bridgehead atoms. The Labute approximate surface area is 298 Å². The van der Waals surface area contributed by atoms with Crippen LogP contribution in [0.3, 0.4) is 0 Å². The molecule has 3 heterocycles. The van der Waals surface area contributed by atoms with Gasteiger partial charge >= 0.3 is 0 Å². The molecule has 0 atom stereocenters. The summed E-state index contributed by atoms with van der Waals surface area (Å²) in [6, 6.07) is 62.1. The van der Waals surface area contributed by atoms with Gasteiger partial charge in [-0.2, -0.15) is 9.97 Å². The van der Waals surface area contributed by atoms with Crippen molar-refractivity contribution in [2.75, 3.05) is 0 Å². The SMILES string of the molecule is c1ccc(-c2nc(-c3ccccc3)nc(-n3c4ccccc4c4ccc5c(c6ccccc6n5-c5ccc6cc7ccccc7cc6c5)c43)n2)cc1. The Kier molecular flexibility index (Phi) is 6.18. The smallest absolute Gasteiger partial charge is 0.238 e. The lowest BCUT2D eigenvalue weighted by atomic mass is 10.0. The fourth-order valence-electron chi connectivity index (χ4n) is 7.96. The van der Waals surface area contributed by atoms with Gasteiger partial charge in [0.25, 0.3) is 0 Å². The second kappa shape index (κ2) is 11.2. The molecule has 0 unspecified atom stereocenters. The first-order chi connectivity index (χ1) is 25.8. The minimum atomic E-state index is 0.584. The van der Waals surface area contributed by atoms with Crippen molar-refractivity contribution in [2.24, 2.45) is 0 Å². The maximum atomic E-state index is 5.22. The van der Waals surface area contributed by atoms with Crippen LogP contribution in [0.15, 0.2) is 176 Å². The van der Waals surface area contributed by atoms with E-state index in [1.165, 1.54) is 26.9 Å². The van der Waals surface area contributed by atoms with Gasteiger partial charge in [-0.25, -0.2) is 4.98 Å². The van der Waals surface area contributed by atoms with E-state index in [4.69, 9.17) is 15.0 Å². The maximum absolute atomic E-state index is 5.22. The highest BCUT2D eigenvalue weighted by molar-refractivity contribution is 6.26. The first-order valence-corrected chi connectivity index (χ1v) is 17.5. The van der Waals surface area contributed by atoms with E-state index in [1.807, 2.05) is 36.4 Å². The van der Waals surface area contributed by atoms with Gasteiger partial charge in [0.05, 0.1) is 22.1 Å². The van der Waals surface area contributed by atoms with Gasteiger partial charge in [-0.3, -0.25) is 4.57 Å². The van der Waals surface area contributed by atoms with Gasteiger partial charge in [-0.05, 0) is 64.0 Å². The molecule has 0 aliphatic heterocycles. The van der Waals surface area contributed by atoms with Gasteiger partial charge in [0.15, 0.2) is 11.6 Å². The number of nitrogens with zero attached hydrogens (tertiary/aromatic N) is 5. The summed E-state index contributed by atoms with van der Waals surface area (Å²) in [5, 5.41) is 9.56. The fourth-order valence-corrected chi connectivity index (χ4v) is 7.96. The summed E-state index contributed by atoms with van der Waals surface area (Å²) in [4.78, 5) is 15.4. The van der Waals surface area contributed by atoms with Gasteiger partial charge in [0.1, 0.15) is 0 Å². The largest absolute Gasteiger partial charge is 0.309 e. The normalized spacial score (nSPS) is 11.8. The summed E-state index contributed by atoms with van der Waals surface area (Å²) in [6.07, 6.45) is 0. The van der Waals surface area contributed by atoms with Crippen LogP contribution in [0.1, 0.15) is 0 Å². The summed E-state index contributed by atoms with van der Waals surface area (Å²) < 4.78 is 4.65. The van der Waals surface area contributed by atoms with E-state index in [2.05, 4.69) is 149 Å². The van der Waals surface area contributed by atoms with E-state index in [0.717, 1.165) is 55.0 Å². The first-order valence-electron chi connectivity index (χ1n) is 17.5. The standard InChI is InChI=1S/C47H29N5/c1-3-13-30(14-4-1)45-48-46(31-15-5-2-6-16-31)50-47(49-45)52-40-21-11-9-19-37(40)38-25-26-42-43(44(38)52)39-20-10-12-22-41(39)51(42)36-24-23-34-27-32-17-7-8-18-33(32)28-35(34)29-36/h1-29H. The van der Waals surface area contributed by atoms with Crippen molar-refractivity contribution in [2.45, 2.75) is 0 Å². The summed E-state index contributed by atoms with van der Waals surface area (Å²) in [5.74, 6) is 1.85. The number of benzene rings is 8. The van der Waals surface area contributed by atoms with Gasteiger partial charge in [0, 0.05) is 38.4 Å². The van der Waals surface area contributed by atoms with Crippen molar-refractivity contribution in [3.8, 4) is 34.4 Å². The Morgan fingerprint density at radius 2 is 0.904 bits per heavy atom. The molecule has 242 valence electrons. The van der Waals surface area contributed by atoms with Crippen molar-refractivity contribution in [1.29, 1.82) is 0 Å². The van der Waals surface area contributed by atoms with Crippen LogP contribution in [0.25, 0.3) is 99.6 Å². The molecule has 5 nitrogen and oxygen atoms in total. The maximum Gasteiger partial charge on any atom is 0.238 e. The molecule has 0 amide bonds. The summed E-state index contributed by atoms with van der Waals surface area (Å²) >= 11 is 0. The van der Waals surface area contributed by atoms with Gasteiger partial charge < -0.3 is 4.57 Å². The van der Waals surface area contributed by atoms with Crippen LogP contribution in [0, 0.1) is 0 Å². The minimum absolute atomic E-state index is 0.584. The number of fused-ring (bicyclic) bond motifs is 9. The third-order valence-corrected chi connectivity index (χ3v) is 10.3. The highest BCUT2D eigenvalue weighted by Crippen LogP contribution is 2.42. The molecule has 0 aliphatic carbocycles. The molecule has 8 aromatic carbocycles. The Balaban J connectivity index is 1.25. The van der Waals surface area contributed by atoms with E-state index in [-0.39, 0.29) is 0 Å². The molecule has 0 saturated carbocycles. The molecule has 11 rings (SSSR count). The van der Waals surface area contributed by atoms with Gasteiger partial charge in [-0.1, -0.05) is 133 Å². The topological polar surface area (TPSA) is 48.5 Å². The molecule has 0 radical (unpaired) electrons. The zero-order chi connectivity index (χ0) is 34.2. The molecule has 5 heteroatoms. The number of aromatic nitrogens is 5. The predicted octanol–water partition coefficient (Wildman–Crippen LogP) is 11.7. The zero-order valence-electron chi connectivity index (χ0n) is 28.0. The third-order valence-electron chi connectivity index (χ3n) is 10.3. The lowest BCUT2D eigenvalue weighted by molar-refractivity contribution is 0.955. The molecule has 52 heavy (non-hydrogen) atoms. The summed E-state index contributed by atoms with van der Waals surface area (Å²) in [6.45, 7) is 0. The average Bonchev–Trinajstić information content (AvgIpc) is 3.73. The molecular formula is C47H29N5. The quantitative estimate of drug-likeness (QED) is 0.176. The molecule has 0 spiro atoms. The van der Waals surface area contributed by atoms with Crippen molar-refractivity contribution in [3.05, 3.63) is 176 Å². The van der Waals surface area contributed by atoms with Crippen LogP contribution in [-0.2, 0) is 0 Å². The molecule has 0 N–H and O–H groups in total. The number of hydrogen-bond acceptors (Lipinski definition) is 3. The van der Waals surface area contributed by atoms with Crippen LogP contribution in [-0.4, -0.2) is 24.1 Å². The van der Waals surface area contributed by atoms with E-state index in [9.17, 15) is 0 Å². The zero-order valence-corrected chi connectivity index (χ0v) is 28.0. The number of hydrogen-bond donors (Lipinski definition) is 0. The van der Waals surface area contributed by atoms with E-state index in [0.29, 0.717) is 17.6 Å². The van der Waals surface area contributed by atoms with Crippen LogP contribution in [0.4, 0.5) is 0 Å². The van der Waals surface area contributed by atoms with Crippen molar-refractivity contribution >= 4 is 65.2 Å². The predicted molar refractivity (Wildman–Crippen MR) is 214 cm³/mol. The molecule has 11 aromatic rings. The molecule has 0 saturated heterocycles. The van der Waals surface area contributed by atoms with Crippen LogP contribution in [0.5, 0.6) is 0 Å². The average molecular weight is 664 g/mol. The Morgan fingerprint density at radius 1 is 0.346 bits per heavy atom. The molecule has 3 aromatic heterocycles. The molecule has 0 fully saturated rings. The van der Waals surface area contributed by atoms with E-state index < -0.39 is 0 Å². The van der Waals surface area contributed by atoms with Crippen LogP contribution < -0.4 is 0 Å². The van der Waals surface area contributed by atoms with Crippen molar-refractivity contribution in [1.82, 2.24) is 24.1 Å². The highest BCUT2D eigenvalue weighted by atomic mass is 15.2. The Bertz CT molecular complexity index is 3120. The van der Waals surface area contributed by atoms with Crippen molar-refractivity contribution in [3.63, 3.8) is 0 Å². The Hall–Kier alpha value is -7.11. The third kappa shape index (κ3) is 4.33. The van der Waals surface area contributed by atoms with Crippen LogP contribution in [0.2, 0.25) is 0 Å². The molecular weight excluding hydrogens is 635 g/mol.